The fourth-order valence-electron chi connectivity index (χ4n) is 3.05. The van der Waals surface area contributed by atoms with Crippen LogP contribution in [0.2, 0.25) is 0 Å². The fraction of sp³-hybridized carbons (Fsp3) is 0.600. The molecule has 5 nitrogen and oxygen atoms in total. The Morgan fingerprint density at radius 3 is 3.05 bits per heavy atom. The minimum Gasteiger partial charge on any atom is -0.379 e. The van der Waals surface area contributed by atoms with Gasteiger partial charge in [-0.2, -0.15) is 0 Å². The molecule has 0 radical (unpaired) electrons. The van der Waals surface area contributed by atoms with E-state index in [2.05, 4.69) is 35.6 Å². The highest BCUT2D eigenvalue weighted by Crippen LogP contribution is 2.30. The lowest BCUT2D eigenvalue weighted by atomic mass is 10.0. The second-order valence-electron chi connectivity index (χ2n) is 5.61. The van der Waals surface area contributed by atoms with E-state index in [9.17, 15) is 0 Å². The zero-order valence-corrected chi connectivity index (χ0v) is 12.3. The number of likely N-dealkylation sites (N-methyl/N-ethyl adjacent to an activating group) is 1. The first-order chi connectivity index (χ1) is 9.72. The lowest BCUT2D eigenvalue weighted by Gasteiger charge is -2.21. The van der Waals surface area contributed by atoms with E-state index in [0.29, 0.717) is 18.0 Å². The number of aromatic nitrogens is 3. The van der Waals surface area contributed by atoms with Crippen molar-refractivity contribution < 1.29 is 4.74 Å². The molecule has 1 saturated heterocycles. The molecule has 0 aromatic carbocycles. The molecule has 2 aromatic rings. The molecule has 0 amide bonds. The lowest BCUT2D eigenvalue weighted by Crippen LogP contribution is -2.35. The Morgan fingerprint density at radius 1 is 1.45 bits per heavy atom. The van der Waals surface area contributed by atoms with E-state index in [4.69, 9.17) is 9.72 Å². The minimum absolute atomic E-state index is 0.310. The van der Waals surface area contributed by atoms with Crippen LogP contribution in [0.1, 0.15) is 38.6 Å². The first-order valence-corrected chi connectivity index (χ1v) is 7.35. The minimum atomic E-state index is 0.310. The van der Waals surface area contributed by atoms with Crippen LogP contribution in [-0.2, 0) is 4.74 Å². The van der Waals surface area contributed by atoms with Crippen LogP contribution >= 0.6 is 0 Å². The van der Waals surface area contributed by atoms with E-state index in [-0.39, 0.29) is 0 Å². The van der Waals surface area contributed by atoms with Crippen molar-refractivity contribution in [3.8, 4) is 0 Å². The first kappa shape index (κ1) is 13.5. The second kappa shape index (κ2) is 5.50. The molecule has 0 bridgehead atoms. The van der Waals surface area contributed by atoms with Crippen molar-refractivity contribution in [2.75, 3.05) is 19.8 Å². The first-order valence-electron chi connectivity index (χ1n) is 7.35. The molecule has 5 heteroatoms. The molecule has 2 atom stereocenters. The maximum atomic E-state index is 5.68. The van der Waals surface area contributed by atoms with Gasteiger partial charge >= 0.3 is 0 Å². The van der Waals surface area contributed by atoms with Gasteiger partial charge in [-0.1, -0.05) is 6.92 Å². The Hall–Kier alpha value is -1.46. The van der Waals surface area contributed by atoms with Crippen molar-refractivity contribution in [3.05, 3.63) is 24.3 Å². The number of ether oxygens (including phenoxy) is 1. The summed E-state index contributed by atoms with van der Waals surface area (Å²) in [6.07, 6.45) is 3.68. The Labute approximate surface area is 119 Å². The van der Waals surface area contributed by atoms with Gasteiger partial charge in [-0.05, 0) is 26.5 Å². The van der Waals surface area contributed by atoms with Gasteiger partial charge in [0.1, 0.15) is 11.3 Å². The zero-order chi connectivity index (χ0) is 14.1. The summed E-state index contributed by atoms with van der Waals surface area (Å²) in [6, 6.07) is 2.77. The predicted molar refractivity (Wildman–Crippen MR) is 78.9 cm³/mol. The topological polar surface area (TPSA) is 52.0 Å². The van der Waals surface area contributed by atoms with Crippen LogP contribution < -0.4 is 5.32 Å². The van der Waals surface area contributed by atoms with Crippen LogP contribution in [0.25, 0.3) is 11.0 Å². The van der Waals surface area contributed by atoms with Crippen LogP contribution in [0.3, 0.4) is 0 Å². The van der Waals surface area contributed by atoms with Gasteiger partial charge < -0.3 is 14.6 Å². The molecule has 108 valence electrons. The van der Waals surface area contributed by atoms with Crippen molar-refractivity contribution >= 4 is 11.0 Å². The molecule has 0 aliphatic carbocycles. The Bertz CT molecular complexity index is 593. The van der Waals surface area contributed by atoms with Gasteiger partial charge in [0.05, 0.1) is 30.8 Å². The number of pyridine rings is 1. The summed E-state index contributed by atoms with van der Waals surface area (Å²) in [5.41, 5.74) is 2.13. The summed E-state index contributed by atoms with van der Waals surface area (Å²) in [6.45, 7) is 8.98. The monoisotopic (exact) mass is 274 g/mol. The van der Waals surface area contributed by atoms with Gasteiger partial charge in [0.25, 0.3) is 0 Å². The van der Waals surface area contributed by atoms with Gasteiger partial charge in [0.15, 0.2) is 0 Å². The van der Waals surface area contributed by atoms with Gasteiger partial charge in [0.2, 0.25) is 0 Å². The molecule has 1 fully saturated rings. The molecular weight excluding hydrogens is 252 g/mol. The van der Waals surface area contributed by atoms with Crippen LogP contribution in [0.4, 0.5) is 0 Å². The van der Waals surface area contributed by atoms with Gasteiger partial charge in [0, 0.05) is 18.3 Å². The molecule has 0 saturated carbocycles. The summed E-state index contributed by atoms with van der Waals surface area (Å²) in [4.78, 5) is 9.01. The standard InChI is InChI=1S/C15H22N4O/c1-4-17-13-9-20-8-11(13)15-18-12-7-16-6-5-14(12)19(15)10(2)3/h5-7,10-11,13,17H,4,8-9H2,1-3H3. The molecule has 20 heavy (non-hydrogen) atoms. The van der Waals surface area contributed by atoms with E-state index in [1.807, 2.05) is 18.5 Å². The van der Waals surface area contributed by atoms with Crippen molar-refractivity contribution in [3.63, 3.8) is 0 Å². The van der Waals surface area contributed by atoms with Crippen LogP contribution in [0, 0.1) is 0 Å². The lowest BCUT2D eigenvalue weighted by molar-refractivity contribution is 0.187. The third-order valence-corrected chi connectivity index (χ3v) is 3.91. The Kier molecular flexibility index (Phi) is 3.72. The Balaban J connectivity index is 2.08. The molecular formula is C15H22N4O. The van der Waals surface area contributed by atoms with E-state index < -0.39 is 0 Å². The smallest absolute Gasteiger partial charge is 0.117 e. The molecule has 1 N–H and O–H groups in total. The Morgan fingerprint density at radius 2 is 2.30 bits per heavy atom. The molecule has 1 aliphatic rings. The van der Waals surface area contributed by atoms with Crippen molar-refractivity contribution in [2.24, 2.45) is 0 Å². The summed E-state index contributed by atoms with van der Waals surface area (Å²) < 4.78 is 8.00. The number of imidazole rings is 1. The zero-order valence-electron chi connectivity index (χ0n) is 12.3. The molecule has 2 aromatic heterocycles. The normalized spacial score (nSPS) is 23.0. The number of fused-ring (bicyclic) bond motifs is 1. The molecule has 3 heterocycles. The van der Waals surface area contributed by atoms with Gasteiger partial charge in [-0.3, -0.25) is 4.98 Å². The quantitative estimate of drug-likeness (QED) is 0.927. The number of nitrogens with zero attached hydrogens (tertiary/aromatic N) is 3. The average Bonchev–Trinajstić information content (AvgIpc) is 3.01. The van der Waals surface area contributed by atoms with E-state index in [1.54, 1.807) is 0 Å². The molecule has 0 spiro atoms. The summed E-state index contributed by atoms with van der Waals surface area (Å²) in [5.74, 6) is 1.43. The third-order valence-electron chi connectivity index (χ3n) is 3.91. The summed E-state index contributed by atoms with van der Waals surface area (Å²) in [7, 11) is 0. The molecule has 1 aliphatic heterocycles. The van der Waals surface area contributed by atoms with Gasteiger partial charge in [-0.25, -0.2) is 4.98 Å². The maximum absolute atomic E-state index is 5.68. The highest BCUT2D eigenvalue weighted by molar-refractivity contribution is 5.75. The number of rotatable bonds is 4. The highest BCUT2D eigenvalue weighted by Gasteiger charge is 2.33. The maximum Gasteiger partial charge on any atom is 0.117 e. The van der Waals surface area contributed by atoms with Crippen LogP contribution in [0.15, 0.2) is 18.5 Å². The molecule has 2 unspecified atom stereocenters. The average molecular weight is 274 g/mol. The van der Waals surface area contributed by atoms with Crippen molar-refractivity contribution in [1.29, 1.82) is 0 Å². The van der Waals surface area contributed by atoms with Crippen molar-refractivity contribution in [1.82, 2.24) is 19.9 Å². The summed E-state index contributed by atoms with van der Waals surface area (Å²) in [5, 5.41) is 3.51. The number of nitrogens with one attached hydrogen (secondary N) is 1. The summed E-state index contributed by atoms with van der Waals surface area (Å²) >= 11 is 0. The van der Waals surface area contributed by atoms with E-state index in [0.717, 1.165) is 36.6 Å². The number of hydrogen-bond donors (Lipinski definition) is 1. The predicted octanol–water partition coefficient (Wildman–Crippen LogP) is 2.10. The van der Waals surface area contributed by atoms with E-state index >= 15 is 0 Å². The molecule has 3 rings (SSSR count). The van der Waals surface area contributed by atoms with Crippen LogP contribution in [0.5, 0.6) is 0 Å². The highest BCUT2D eigenvalue weighted by atomic mass is 16.5. The largest absolute Gasteiger partial charge is 0.379 e. The second-order valence-corrected chi connectivity index (χ2v) is 5.61. The third kappa shape index (κ3) is 2.21. The van der Waals surface area contributed by atoms with Crippen molar-refractivity contribution in [2.45, 2.75) is 38.8 Å². The van der Waals surface area contributed by atoms with E-state index in [1.165, 1.54) is 0 Å². The number of hydrogen-bond acceptors (Lipinski definition) is 4. The fourth-order valence-corrected chi connectivity index (χ4v) is 3.05. The SMILES string of the molecule is CCNC1COCC1c1nc2cnccc2n1C(C)C. The van der Waals surface area contributed by atoms with Gasteiger partial charge in [-0.15, -0.1) is 0 Å². The van der Waals surface area contributed by atoms with Crippen LogP contribution in [-0.4, -0.2) is 40.3 Å².